The minimum absolute atomic E-state index is 0.834. The van der Waals surface area contributed by atoms with Gasteiger partial charge >= 0.3 is 0 Å². The van der Waals surface area contributed by atoms with Crippen molar-refractivity contribution >= 4 is 17.3 Å². The Bertz CT molecular complexity index is 642. The maximum Gasteiger partial charge on any atom is 0.0409 e. The molecule has 0 aliphatic heterocycles. The van der Waals surface area contributed by atoms with Crippen LogP contribution in [0.1, 0.15) is 37.8 Å². The SMILES string of the molecule is CCCN(CCC)c1ccc2c(c1)-c1ccc(Cl)cc1C2. The molecule has 0 N–H and O–H groups in total. The van der Waals surface area contributed by atoms with Crippen molar-refractivity contribution < 1.29 is 0 Å². The Hall–Kier alpha value is -1.47. The van der Waals surface area contributed by atoms with Crippen LogP contribution in [0.2, 0.25) is 5.02 Å². The van der Waals surface area contributed by atoms with Crippen molar-refractivity contribution in [2.75, 3.05) is 18.0 Å². The summed E-state index contributed by atoms with van der Waals surface area (Å²) in [6.45, 7) is 6.74. The van der Waals surface area contributed by atoms with Crippen LogP contribution in [0.4, 0.5) is 5.69 Å². The summed E-state index contributed by atoms with van der Waals surface area (Å²) in [4.78, 5) is 2.49. The molecule has 2 heteroatoms. The van der Waals surface area contributed by atoms with Crippen LogP contribution in [0.3, 0.4) is 0 Å². The van der Waals surface area contributed by atoms with Crippen LogP contribution in [-0.2, 0) is 6.42 Å². The van der Waals surface area contributed by atoms with Gasteiger partial charge < -0.3 is 4.90 Å². The molecule has 0 atom stereocenters. The predicted octanol–water partition coefficient (Wildman–Crippen LogP) is 5.54. The monoisotopic (exact) mass is 299 g/mol. The third-order valence-corrected chi connectivity index (χ3v) is 4.42. The molecule has 1 aliphatic rings. The number of fused-ring (bicyclic) bond motifs is 3. The van der Waals surface area contributed by atoms with Gasteiger partial charge in [0.1, 0.15) is 0 Å². The van der Waals surface area contributed by atoms with Crippen molar-refractivity contribution in [3.8, 4) is 11.1 Å². The first-order valence-electron chi connectivity index (χ1n) is 7.89. The molecule has 0 saturated carbocycles. The van der Waals surface area contributed by atoms with Gasteiger partial charge in [-0.2, -0.15) is 0 Å². The van der Waals surface area contributed by atoms with Crippen molar-refractivity contribution in [1.29, 1.82) is 0 Å². The fourth-order valence-corrected chi connectivity index (χ4v) is 3.45. The van der Waals surface area contributed by atoms with Gasteiger partial charge in [0.15, 0.2) is 0 Å². The molecular weight excluding hydrogens is 278 g/mol. The zero-order valence-electron chi connectivity index (χ0n) is 12.8. The van der Waals surface area contributed by atoms with Crippen LogP contribution >= 0.6 is 11.6 Å². The molecule has 2 aromatic carbocycles. The van der Waals surface area contributed by atoms with E-state index in [9.17, 15) is 0 Å². The summed E-state index contributed by atoms with van der Waals surface area (Å²) >= 11 is 6.12. The molecule has 0 unspecified atom stereocenters. The summed E-state index contributed by atoms with van der Waals surface area (Å²) < 4.78 is 0. The van der Waals surface area contributed by atoms with E-state index in [-0.39, 0.29) is 0 Å². The highest BCUT2D eigenvalue weighted by Gasteiger charge is 2.19. The average Bonchev–Trinajstić information content (AvgIpc) is 2.83. The molecule has 1 aliphatic carbocycles. The number of hydrogen-bond acceptors (Lipinski definition) is 1. The van der Waals surface area contributed by atoms with E-state index in [4.69, 9.17) is 11.6 Å². The second kappa shape index (κ2) is 6.11. The van der Waals surface area contributed by atoms with Gasteiger partial charge in [0, 0.05) is 23.8 Å². The maximum atomic E-state index is 6.12. The van der Waals surface area contributed by atoms with Crippen LogP contribution in [0, 0.1) is 0 Å². The lowest BCUT2D eigenvalue weighted by Gasteiger charge is -2.24. The van der Waals surface area contributed by atoms with Crippen LogP contribution in [-0.4, -0.2) is 13.1 Å². The molecule has 2 aromatic rings. The van der Waals surface area contributed by atoms with Crippen LogP contribution in [0.5, 0.6) is 0 Å². The maximum absolute atomic E-state index is 6.12. The first-order chi connectivity index (χ1) is 10.2. The molecule has 3 rings (SSSR count). The normalized spacial score (nSPS) is 12.1. The predicted molar refractivity (Wildman–Crippen MR) is 92.5 cm³/mol. The van der Waals surface area contributed by atoms with Gasteiger partial charge in [-0.05, 0) is 65.8 Å². The fraction of sp³-hybridized carbons (Fsp3) is 0.368. The van der Waals surface area contributed by atoms with Crippen molar-refractivity contribution in [3.05, 3.63) is 52.5 Å². The van der Waals surface area contributed by atoms with Gasteiger partial charge in [0.25, 0.3) is 0 Å². The fourth-order valence-electron chi connectivity index (χ4n) is 3.25. The van der Waals surface area contributed by atoms with Gasteiger partial charge in [-0.25, -0.2) is 0 Å². The lowest BCUT2D eigenvalue weighted by atomic mass is 10.0. The third kappa shape index (κ3) is 2.80. The Kier molecular flexibility index (Phi) is 4.21. The van der Waals surface area contributed by atoms with Crippen LogP contribution in [0.15, 0.2) is 36.4 Å². The second-order valence-electron chi connectivity index (χ2n) is 5.81. The van der Waals surface area contributed by atoms with E-state index < -0.39 is 0 Å². The van der Waals surface area contributed by atoms with E-state index in [1.54, 1.807) is 0 Å². The van der Waals surface area contributed by atoms with E-state index in [1.807, 2.05) is 6.07 Å². The summed E-state index contributed by atoms with van der Waals surface area (Å²) in [7, 11) is 0. The number of halogens is 1. The Labute approximate surface area is 132 Å². The molecule has 110 valence electrons. The summed E-state index contributed by atoms with van der Waals surface area (Å²) in [5, 5.41) is 0.834. The smallest absolute Gasteiger partial charge is 0.0409 e. The summed E-state index contributed by atoms with van der Waals surface area (Å²) in [6, 6.07) is 13.2. The Morgan fingerprint density at radius 1 is 0.905 bits per heavy atom. The Morgan fingerprint density at radius 2 is 1.67 bits per heavy atom. The minimum atomic E-state index is 0.834. The van der Waals surface area contributed by atoms with E-state index in [1.165, 1.54) is 40.8 Å². The largest absolute Gasteiger partial charge is 0.372 e. The van der Waals surface area contributed by atoms with Gasteiger partial charge in [0.05, 0.1) is 0 Å². The molecule has 0 radical (unpaired) electrons. The van der Waals surface area contributed by atoms with Crippen LogP contribution < -0.4 is 4.90 Å². The molecule has 0 spiro atoms. The molecular formula is C19H22ClN. The van der Waals surface area contributed by atoms with E-state index >= 15 is 0 Å². The van der Waals surface area contributed by atoms with Gasteiger partial charge in [-0.3, -0.25) is 0 Å². The van der Waals surface area contributed by atoms with E-state index in [2.05, 4.69) is 49.1 Å². The first-order valence-corrected chi connectivity index (χ1v) is 8.27. The lowest BCUT2D eigenvalue weighted by Crippen LogP contribution is -2.24. The molecule has 0 heterocycles. The summed E-state index contributed by atoms with van der Waals surface area (Å²) in [5.41, 5.74) is 6.86. The van der Waals surface area contributed by atoms with Crippen molar-refractivity contribution in [2.24, 2.45) is 0 Å². The van der Waals surface area contributed by atoms with Crippen LogP contribution in [0.25, 0.3) is 11.1 Å². The molecule has 21 heavy (non-hydrogen) atoms. The highest BCUT2D eigenvalue weighted by Crippen LogP contribution is 2.39. The van der Waals surface area contributed by atoms with Gasteiger partial charge in [-0.1, -0.05) is 37.6 Å². The van der Waals surface area contributed by atoms with E-state index in [0.717, 1.165) is 24.5 Å². The average molecular weight is 300 g/mol. The zero-order valence-corrected chi connectivity index (χ0v) is 13.6. The number of rotatable bonds is 5. The quantitative estimate of drug-likeness (QED) is 0.598. The standard InChI is InChI=1S/C19H22ClN/c1-3-9-21(10-4-2)17-7-5-14-11-15-12-16(20)6-8-18(15)19(14)13-17/h5-8,12-13H,3-4,9-11H2,1-2H3. The molecule has 1 nitrogen and oxygen atoms in total. The van der Waals surface area contributed by atoms with E-state index in [0.29, 0.717) is 0 Å². The Balaban J connectivity index is 1.98. The van der Waals surface area contributed by atoms with Gasteiger partial charge in [0.2, 0.25) is 0 Å². The third-order valence-electron chi connectivity index (χ3n) is 4.18. The zero-order chi connectivity index (χ0) is 14.8. The number of anilines is 1. The molecule has 0 saturated heterocycles. The number of benzene rings is 2. The molecule has 0 aromatic heterocycles. The number of hydrogen-bond donors (Lipinski definition) is 0. The summed E-state index contributed by atoms with van der Waals surface area (Å²) in [6.07, 6.45) is 3.37. The topological polar surface area (TPSA) is 3.24 Å². The van der Waals surface area contributed by atoms with Crippen molar-refractivity contribution in [1.82, 2.24) is 0 Å². The first kappa shape index (κ1) is 14.5. The Morgan fingerprint density at radius 3 is 2.38 bits per heavy atom. The highest BCUT2D eigenvalue weighted by atomic mass is 35.5. The summed E-state index contributed by atoms with van der Waals surface area (Å²) in [5.74, 6) is 0. The minimum Gasteiger partial charge on any atom is -0.372 e. The molecule has 0 bridgehead atoms. The molecule has 0 amide bonds. The van der Waals surface area contributed by atoms with Gasteiger partial charge in [-0.15, -0.1) is 0 Å². The van der Waals surface area contributed by atoms with Crippen molar-refractivity contribution in [2.45, 2.75) is 33.1 Å². The highest BCUT2D eigenvalue weighted by molar-refractivity contribution is 6.30. The second-order valence-corrected chi connectivity index (χ2v) is 6.24. The molecule has 0 fully saturated rings. The van der Waals surface area contributed by atoms with Crippen molar-refractivity contribution in [3.63, 3.8) is 0 Å². The lowest BCUT2D eigenvalue weighted by molar-refractivity contribution is 0.745. The number of nitrogens with zero attached hydrogens (tertiary/aromatic N) is 1.